The van der Waals surface area contributed by atoms with Crippen molar-refractivity contribution in [2.75, 3.05) is 19.7 Å². The first-order valence-corrected chi connectivity index (χ1v) is 11.6. The maximum Gasteiger partial charge on any atom is 0.313 e. The third kappa shape index (κ3) is 5.41. The van der Waals surface area contributed by atoms with Crippen molar-refractivity contribution in [1.29, 1.82) is 0 Å². The number of aromatic amines is 1. The Bertz CT molecular complexity index is 1110. The molecule has 0 aliphatic carbocycles. The highest BCUT2D eigenvalue weighted by Gasteiger charge is 2.44. The van der Waals surface area contributed by atoms with Crippen molar-refractivity contribution in [3.05, 3.63) is 65.7 Å². The number of aromatic nitrogens is 2. The van der Waals surface area contributed by atoms with E-state index in [2.05, 4.69) is 22.1 Å². The number of hydrogen-bond donors (Lipinski definition) is 1. The van der Waals surface area contributed by atoms with E-state index in [0.717, 1.165) is 19.3 Å². The molecule has 1 saturated heterocycles. The molecule has 1 aromatic heterocycles. The van der Waals surface area contributed by atoms with Gasteiger partial charge in [-0.25, -0.2) is 9.37 Å². The number of likely N-dealkylation sites (tertiary alicyclic amines) is 1. The van der Waals surface area contributed by atoms with E-state index in [1.807, 2.05) is 25.1 Å². The molecule has 2 heterocycles. The number of esters is 1. The number of amides is 1. The van der Waals surface area contributed by atoms with E-state index in [0.29, 0.717) is 49.4 Å². The monoisotopic (exact) mass is 451 g/mol. The summed E-state index contributed by atoms with van der Waals surface area (Å²) in [5, 5.41) is 0. The van der Waals surface area contributed by atoms with Gasteiger partial charge < -0.3 is 14.6 Å². The number of carbonyl (C=O) groups is 2. The summed E-state index contributed by atoms with van der Waals surface area (Å²) in [7, 11) is 0. The van der Waals surface area contributed by atoms with Crippen LogP contribution in [0.1, 0.15) is 44.0 Å². The minimum absolute atomic E-state index is 0.00489. The summed E-state index contributed by atoms with van der Waals surface area (Å²) in [6.45, 7) is 3.15. The molecule has 1 amide bonds. The predicted molar refractivity (Wildman–Crippen MR) is 124 cm³/mol. The standard InChI is InChI=1S/C26H30FN3O3/c1-2-33-25(32)26(15-13-19-7-4-3-5-8-19)14-6-16-30(18-26)24(31)12-11-23-28-21-10-9-20(27)17-22(21)29-23/h3-5,7-10,17H,2,6,11-16,18H2,1H3,(H,28,29)/t26-/m0/s1. The van der Waals surface area contributed by atoms with Gasteiger partial charge in [0, 0.05) is 25.9 Å². The van der Waals surface area contributed by atoms with Gasteiger partial charge in [0.15, 0.2) is 0 Å². The Labute approximate surface area is 193 Å². The number of nitrogens with one attached hydrogen (secondary N) is 1. The van der Waals surface area contributed by atoms with Gasteiger partial charge in [-0.05, 0) is 56.4 Å². The van der Waals surface area contributed by atoms with Gasteiger partial charge in [0.25, 0.3) is 0 Å². The number of imidazole rings is 1. The first-order valence-electron chi connectivity index (χ1n) is 11.6. The topological polar surface area (TPSA) is 75.3 Å². The third-order valence-corrected chi connectivity index (χ3v) is 6.44. The average molecular weight is 452 g/mol. The molecule has 1 N–H and O–H groups in total. The van der Waals surface area contributed by atoms with Gasteiger partial charge in [0.05, 0.1) is 23.1 Å². The van der Waals surface area contributed by atoms with E-state index < -0.39 is 5.41 Å². The van der Waals surface area contributed by atoms with Gasteiger partial charge in [-0.1, -0.05) is 30.3 Å². The quantitative estimate of drug-likeness (QED) is 0.514. The summed E-state index contributed by atoms with van der Waals surface area (Å²) in [4.78, 5) is 35.4. The number of hydrogen-bond acceptors (Lipinski definition) is 4. The molecule has 0 unspecified atom stereocenters. The van der Waals surface area contributed by atoms with Crippen LogP contribution in [0.25, 0.3) is 11.0 Å². The second-order valence-corrected chi connectivity index (χ2v) is 8.75. The first-order chi connectivity index (χ1) is 16.0. The second kappa shape index (κ2) is 10.1. The van der Waals surface area contributed by atoms with Crippen LogP contribution in [-0.4, -0.2) is 46.4 Å². The smallest absolute Gasteiger partial charge is 0.313 e. The van der Waals surface area contributed by atoms with Crippen molar-refractivity contribution < 1.29 is 18.7 Å². The number of H-pyrrole nitrogens is 1. The van der Waals surface area contributed by atoms with Crippen LogP contribution in [0.15, 0.2) is 48.5 Å². The van der Waals surface area contributed by atoms with Crippen LogP contribution in [0.3, 0.4) is 0 Å². The molecule has 0 saturated carbocycles. The minimum atomic E-state index is -0.684. The van der Waals surface area contributed by atoms with E-state index in [1.54, 1.807) is 11.0 Å². The zero-order valence-electron chi connectivity index (χ0n) is 19.0. The van der Waals surface area contributed by atoms with Gasteiger partial charge >= 0.3 is 5.97 Å². The van der Waals surface area contributed by atoms with Crippen LogP contribution in [0.4, 0.5) is 4.39 Å². The lowest BCUT2D eigenvalue weighted by atomic mass is 9.75. The van der Waals surface area contributed by atoms with Crippen LogP contribution >= 0.6 is 0 Å². The second-order valence-electron chi connectivity index (χ2n) is 8.75. The highest BCUT2D eigenvalue weighted by atomic mass is 19.1. The molecule has 1 aliphatic heterocycles. The Hall–Kier alpha value is -3.22. The lowest BCUT2D eigenvalue weighted by molar-refractivity contribution is -0.161. The summed E-state index contributed by atoms with van der Waals surface area (Å²) >= 11 is 0. The van der Waals surface area contributed by atoms with Crippen LogP contribution in [0.2, 0.25) is 0 Å². The SMILES string of the molecule is CCOC(=O)[C@]1(CCc2ccccc2)CCCN(C(=O)CCc2nc3ccc(F)cc3[nH]2)C1. The first kappa shape index (κ1) is 23.0. The number of carbonyl (C=O) groups excluding carboxylic acids is 2. The van der Waals surface area contributed by atoms with Gasteiger partial charge in [0.1, 0.15) is 11.6 Å². The van der Waals surface area contributed by atoms with Crippen molar-refractivity contribution in [2.45, 2.75) is 45.4 Å². The summed E-state index contributed by atoms with van der Waals surface area (Å²) in [5.74, 6) is 0.113. The van der Waals surface area contributed by atoms with Gasteiger partial charge in [0.2, 0.25) is 5.91 Å². The van der Waals surface area contributed by atoms with E-state index in [9.17, 15) is 14.0 Å². The highest BCUT2D eigenvalue weighted by Crippen LogP contribution is 2.36. The van der Waals surface area contributed by atoms with Crippen molar-refractivity contribution in [1.82, 2.24) is 14.9 Å². The van der Waals surface area contributed by atoms with Crippen molar-refractivity contribution >= 4 is 22.9 Å². The van der Waals surface area contributed by atoms with E-state index in [-0.39, 0.29) is 24.1 Å². The van der Waals surface area contributed by atoms with E-state index in [4.69, 9.17) is 4.74 Å². The van der Waals surface area contributed by atoms with Gasteiger partial charge in [-0.15, -0.1) is 0 Å². The maximum atomic E-state index is 13.4. The fraction of sp³-hybridized carbons (Fsp3) is 0.423. The predicted octanol–water partition coefficient (Wildman–Crippen LogP) is 4.44. The zero-order chi connectivity index (χ0) is 23.3. The fourth-order valence-corrected chi connectivity index (χ4v) is 4.67. The number of fused-ring (bicyclic) bond motifs is 1. The fourth-order valence-electron chi connectivity index (χ4n) is 4.67. The minimum Gasteiger partial charge on any atom is -0.466 e. The van der Waals surface area contributed by atoms with E-state index >= 15 is 0 Å². The summed E-state index contributed by atoms with van der Waals surface area (Å²) < 4.78 is 18.9. The molecular formula is C26H30FN3O3. The molecule has 2 aromatic carbocycles. The van der Waals surface area contributed by atoms with E-state index in [1.165, 1.54) is 17.7 Å². The maximum absolute atomic E-state index is 13.4. The Morgan fingerprint density at radius 2 is 2.00 bits per heavy atom. The lowest BCUT2D eigenvalue weighted by Crippen LogP contribution is -2.50. The molecule has 4 rings (SSSR count). The average Bonchev–Trinajstić information content (AvgIpc) is 3.24. The normalized spacial score (nSPS) is 18.4. The number of benzene rings is 2. The molecule has 0 bridgehead atoms. The number of nitrogens with zero attached hydrogens (tertiary/aromatic N) is 2. The van der Waals surface area contributed by atoms with Crippen LogP contribution in [0, 0.1) is 11.2 Å². The Balaban J connectivity index is 1.42. The number of halogens is 1. The molecule has 174 valence electrons. The molecule has 1 aliphatic rings. The Morgan fingerprint density at radius 3 is 2.79 bits per heavy atom. The van der Waals surface area contributed by atoms with Crippen LogP contribution in [0.5, 0.6) is 0 Å². The number of rotatable bonds is 8. The molecular weight excluding hydrogens is 421 g/mol. The molecule has 0 spiro atoms. The Morgan fingerprint density at radius 1 is 1.18 bits per heavy atom. The summed E-state index contributed by atoms with van der Waals surface area (Å²) in [6, 6.07) is 14.5. The highest BCUT2D eigenvalue weighted by molar-refractivity contribution is 5.81. The number of piperidine rings is 1. The van der Waals surface area contributed by atoms with Gasteiger partial charge in [-0.2, -0.15) is 0 Å². The lowest BCUT2D eigenvalue weighted by Gasteiger charge is -2.41. The molecule has 6 nitrogen and oxygen atoms in total. The largest absolute Gasteiger partial charge is 0.466 e. The van der Waals surface area contributed by atoms with Crippen molar-refractivity contribution in [3.63, 3.8) is 0 Å². The molecule has 0 radical (unpaired) electrons. The van der Waals surface area contributed by atoms with Gasteiger partial charge in [-0.3, -0.25) is 9.59 Å². The summed E-state index contributed by atoms with van der Waals surface area (Å²) in [5.41, 5.74) is 1.79. The summed E-state index contributed by atoms with van der Waals surface area (Å²) in [6.07, 6.45) is 3.61. The number of aryl methyl sites for hydroxylation is 2. The third-order valence-electron chi connectivity index (χ3n) is 6.44. The molecule has 1 fully saturated rings. The zero-order valence-corrected chi connectivity index (χ0v) is 19.0. The van der Waals surface area contributed by atoms with Crippen LogP contribution < -0.4 is 0 Å². The molecule has 33 heavy (non-hydrogen) atoms. The van der Waals surface area contributed by atoms with Crippen LogP contribution in [-0.2, 0) is 27.2 Å². The van der Waals surface area contributed by atoms with Crippen molar-refractivity contribution in [3.8, 4) is 0 Å². The number of ether oxygens (including phenoxy) is 1. The molecule has 3 aromatic rings. The Kier molecular flexibility index (Phi) is 7.06. The molecule has 7 heteroatoms. The molecule has 1 atom stereocenters. The van der Waals surface area contributed by atoms with Crippen molar-refractivity contribution in [2.24, 2.45) is 5.41 Å².